The minimum Gasteiger partial charge on any atom is -0.394 e. The number of nitrogens with two attached hydrogens (primary N) is 1. The highest BCUT2D eigenvalue weighted by atomic mass is 16.5. The average molecular weight is 224 g/mol. The molecule has 1 unspecified atom stereocenters. The van der Waals surface area contributed by atoms with Crippen LogP contribution in [-0.2, 0) is 11.8 Å². The smallest absolute Gasteiger partial charge is 0.171 e. The van der Waals surface area contributed by atoms with Crippen LogP contribution >= 0.6 is 0 Å². The summed E-state index contributed by atoms with van der Waals surface area (Å²) in [7, 11) is 1.88. The molecule has 3 N–H and O–H groups in total. The molecule has 0 aliphatic carbocycles. The summed E-state index contributed by atoms with van der Waals surface area (Å²) in [4.78, 5) is 0. The molecule has 2 rings (SSSR count). The molecule has 2 heterocycles. The highest BCUT2D eigenvalue weighted by Gasteiger charge is 2.21. The zero-order valence-electron chi connectivity index (χ0n) is 9.94. The molecule has 1 saturated heterocycles. The summed E-state index contributed by atoms with van der Waals surface area (Å²) in [5.41, 5.74) is 6.56. The van der Waals surface area contributed by atoms with Crippen LogP contribution in [0.5, 0.6) is 0 Å². The van der Waals surface area contributed by atoms with Crippen molar-refractivity contribution >= 4 is 11.5 Å². The largest absolute Gasteiger partial charge is 0.394 e. The maximum Gasteiger partial charge on any atom is 0.171 e. The van der Waals surface area contributed by atoms with Gasteiger partial charge in [-0.15, -0.1) is 0 Å². The topological polar surface area (TPSA) is 65.1 Å². The number of aryl methyl sites for hydroxylation is 1. The molecule has 5 heteroatoms. The molecule has 0 radical (unpaired) electrons. The van der Waals surface area contributed by atoms with Gasteiger partial charge in [0, 0.05) is 32.5 Å². The molecule has 1 aliphatic rings. The summed E-state index contributed by atoms with van der Waals surface area (Å²) in [5, 5.41) is 7.68. The van der Waals surface area contributed by atoms with Crippen molar-refractivity contribution < 1.29 is 4.74 Å². The van der Waals surface area contributed by atoms with E-state index in [0.717, 1.165) is 31.9 Å². The Morgan fingerprint density at radius 2 is 2.25 bits per heavy atom. The minimum atomic E-state index is 0.390. The van der Waals surface area contributed by atoms with Crippen LogP contribution in [0.15, 0.2) is 6.20 Å². The summed E-state index contributed by atoms with van der Waals surface area (Å²) < 4.78 is 7.09. The molecule has 1 aliphatic heterocycles. The molecule has 1 fully saturated rings. The molecule has 0 bridgehead atoms. The van der Waals surface area contributed by atoms with Crippen molar-refractivity contribution in [3.8, 4) is 0 Å². The first-order chi connectivity index (χ1) is 7.66. The van der Waals surface area contributed by atoms with Crippen LogP contribution in [-0.4, -0.2) is 29.0 Å². The van der Waals surface area contributed by atoms with Gasteiger partial charge in [-0.2, -0.15) is 5.10 Å². The predicted molar refractivity (Wildman–Crippen MR) is 64.2 cm³/mol. The van der Waals surface area contributed by atoms with Gasteiger partial charge >= 0.3 is 0 Å². The summed E-state index contributed by atoms with van der Waals surface area (Å²) in [6.45, 7) is 3.92. The molecular weight excluding hydrogens is 204 g/mol. The Hall–Kier alpha value is -1.23. The number of hydrogen-bond acceptors (Lipinski definition) is 4. The third-order valence-electron chi connectivity index (χ3n) is 3.19. The first-order valence-corrected chi connectivity index (χ1v) is 5.80. The fourth-order valence-electron chi connectivity index (χ4n) is 2.17. The average Bonchev–Trinajstić information content (AvgIpc) is 2.59. The molecule has 0 aromatic carbocycles. The van der Waals surface area contributed by atoms with Crippen LogP contribution in [0.3, 0.4) is 0 Å². The standard InChI is InChI=1S/C11H20N4O/c1-8(9-3-5-16-6-4-9)13-11-10(12)7-15(2)14-11/h7-9H,3-6,12H2,1-2H3,(H,13,14). The summed E-state index contributed by atoms with van der Waals surface area (Å²) in [6.07, 6.45) is 4.04. The van der Waals surface area contributed by atoms with E-state index in [2.05, 4.69) is 17.3 Å². The van der Waals surface area contributed by atoms with Crippen molar-refractivity contribution in [2.24, 2.45) is 13.0 Å². The van der Waals surface area contributed by atoms with Crippen LogP contribution in [0.25, 0.3) is 0 Å². The molecule has 16 heavy (non-hydrogen) atoms. The first kappa shape index (κ1) is 11.3. The number of hydrogen-bond donors (Lipinski definition) is 2. The van der Waals surface area contributed by atoms with E-state index in [0.29, 0.717) is 17.6 Å². The third-order valence-corrected chi connectivity index (χ3v) is 3.19. The Kier molecular flexibility index (Phi) is 3.33. The number of aromatic nitrogens is 2. The van der Waals surface area contributed by atoms with Crippen LogP contribution < -0.4 is 11.1 Å². The summed E-state index contributed by atoms with van der Waals surface area (Å²) >= 11 is 0. The summed E-state index contributed by atoms with van der Waals surface area (Å²) in [5.74, 6) is 1.44. The highest BCUT2D eigenvalue weighted by Crippen LogP contribution is 2.23. The van der Waals surface area contributed by atoms with E-state index in [4.69, 9.17) is 10.5 Å². The van der Waals surface area contributed by atoms with Gasteiger partial charge < -0.3 is 15.8 Å². The van der Waals surface area contributed by atoms with E-state index >= 15 is 0 Å². The number of ether oxygens (including phenoxy) is 1. The molecule has 1 aromatic rings. The van der Waals surface area contributed by atoms with Crippen LogP contribution in [0.4, 0.5) is 11.5 Å². The van der Waals surface area contributed by atoms with E-state index < -0.39 is 0 Å². The lowest BCUT2D eigenvalue weighted by Gasteiger charge is -2.28. The van der Waals surface area contributed by atoms with E-state index in [1.54, 1.807) is 4.68 Å². The molecular formula is C11H20N4O. The lowest BCUT2D eigenvalue weighted by atomic mass is 9.93. The van der Waals surface area contributed by atoms with E-state index in [1.165, 1.54) is 0 Å². The minimum absolute atomic E-state index is 0.390. The van der Waals surface area contributed by atoms with Crippen LogP contribution in [0.2, 0.25) is 0 Å². The predicted octanol–water partition coefficient (Wildman–Crippen LogP) is 1.23. The second kappa shape index (κ2) is 4.74. The molecule has 1 aromatic heterocycles. The van der Waals surface area contributed by atoms with Crippen molar-refractivity contribution in [1.82, 2.24) is 9.78 Å². The van der Waals surface area contributed by atoms with Gasteiger partial charge in [0.1, 0.15) is 0 Å². The Morgan fingerprint density at radius 3 is 2.81 bits per heavy atom. The van der Waals surface area contributed by atoms with Gasteiger partial charge in [-0.3, -0.25) is 4.68 Å². The molecule has 0 saturated carbocycles. The second-order valence-corrected chi connectivity index (χ2v) is 4.49. The van der Waals surface area contributed by atoms with Crippen molar-refractivity contribution in [2.75, 3.05) is 24.3 Å². The number of nitrogens with one attached hydrogen (secondary N) is 1. The molecule has 1 atom stereocenters. The van der Waals surface area contributed by atoms with Crippen molar-refractivity contribution in [3.63, 3.8) is 0 Å². The maximum atomic E-state index is 5.85. The van der Waals surface area contributed by atoms with Crippen LogP contribution in [0, 0.1) is 5.92 Å². The van der Waals surface area contributed by atoms with Gasteiger partial charge in [-0.05, 0) is 25.7 Å². The van der Waals surface area contributed by atoms with Gasteiger partial charge in [0.2, 0.25) is 0 Å². The summed E-state index contributed by atoms with van der Waals surface area (Å²) in [6, 6.07) is 0.390. The molecule has 0 amide bonds. The normalized spacial score (nSPS) is 19.6. The van der Waals surface area contributed by atoms with Crippen molar-refractivity contribution in [2.45, 2.75) is 25.8 Å². The fraction of sp³-hybridized carbons (Fsp3) is 0.727. The number of nitrogen functional groups attached to an aromatic ring is 1. The zero-order chi connectivity index (χ0) is 11.5. The Morgan fingerprint density at radius 1 is 1.56 bits per heavy atom. The quantitative estimate of drug-likeness (QED) is 0.810. The lowest BCUT2D eigenvalue weighted by Crippen LogP contribution is -2.31. The second-order valence-electron chi connectivity index (χ2n) is 4.49. The molecule has 90 valence electrons. The SMILES string of the molecule is CC(Nc1nn(C)cc1N)C1CCOCC1. The third kappa shape index (κ3) is 2.47. The van der Waals surface area contributed by atoms with Crippen molar-refractivity contribution in [3.05, 3.63) is 6.20 Å². The Balaban J connectivity index is 1.95. The van der Waals surface area contributed by atoms with E-state index in [-0.39, 0.29) is 0 Å². The monoisotopic (exact) mass is 224 g/mol. The Labute approximate surface area is 96.0 Å². The van der Waals surface area contributed by atoms with Gasteiger partial charge in [0.25, 0.3) is 0 Å². The van der Waals surface area contributed by atoms with E-state index in [1.807, 2.05) is 13.2 Å². The van der Waals surface area contributed by atoms with Crippen LogP contribution in [0.1, 0.15) is 19.8 Å². The van der Waals surface area contributed by atoms with Gasteiger partial charge in [-0.1, -0.05) is 0 Å². The number of rotatable bonds is 3. The van der Waals surface area contributed by atoms with E-state index in [9.17, 15) is 0 Å². The zero-order valence-corrected chi connectivity index (χ0v) is 9.94. The molecule has 5 nitrogen and oxygen atoms in total. The molecule has 0 spiro atoms. The van der Waals surface area contributed by atoms with Gasteiger partial charge in [-0.25, -0.2) is 0 Å². The highest BCUT2D eigenvalue weighted by molar-refractivity contribution is 5.60. The maximum absolute atomic E-state index is 5.85. The first-order valence-electron chi connectivity index (χ1n) is 5.80. The fourth-order valence-corrected chi connectivity index (χ4v) is 2.17. The lowest BCUT2D eigenvalue weighted by molar-refractivity contribution is 0.0622. The number of anilines is 2. The van der Waals surface area contributed by atoms with Gasteiger partial charge in [0.05, 0.1) is 5.69 Å². The number of nitrogens with zero attached hydrogens (tertiary/aromatic N) is 2. The van der Waals surface area contributed by atoms with Crippen molar-refractivity contribution in [1.29, 1.82) is 0 Å². The Bertz CT molecular complexity index is 344. The van der Waals surface area contributed by atoms with Gasteiger partial charge in [0.15, 0.2) is 5.82 Å².